The number of hydrogen-bond acceptors (Lipinski definition) is 6. The van der Waals surface area contributed by atoms with Crippen molar-refractivity contribution in [2.24, 2.45) is 0 Å². The van der Waals surface area contributed by atoms with Crippen LogP contribution in [-0.4, -0.2) is 25.0 Å². The van der Waals surface area contributed by atoms with Gasteiger partial charge in [0.1, 0.15) is 22.6 Å². The molecule has 0 radical (unpaired) electrons. The molecular formula is C25H27NO6. The summed E-state index contributed by atoms with van der Waals surface area (Å²) in [5.41, 5.74) is 1.34. The summed E-state index contributed by atoms with van der Waals surface area (Å²) in [7, 11) is 0. The van der Waals surface area contributed by atoms with Crippen molar-refractivity contribution in [2.75, 3.05) is 13.2 Å². The third kappa shape index (κ3) is 5.35. The Morgan fingerprint density at radius 1 is 1.06 bits per heavy atom. The minimum Gasteiger partial charge on any atom is -0.482 e. The van der Waals surface area contributed by atoms with Gasteiger partial charge in [-0.15, -0.1) is 0 Å². The molecule has 1 N–H and O–H groups in total. The van der Waals surface area contributed by atoms with Crippen LogP contribution in [0.1, 0.15) is 49.2 Å². The monoisotopic (exact) mass is 437 g/mol. The minimum absolute atomic E-state index is 0.0785. The van der Waals surface area contributed by atoms with Gasteiger partial charge in [0.2, 0.25) is 0 Å². The number of amides is 1. The van der Waals surface area contributed by atoms with Gasteiger partial charge in [0, 0.05) is 18.0 Å². The lowest BCUT2D eigenvalue weighted by molar-refractivity contribution is -0.136. The van der Waals surface area contributed by atoms with Gasteiger partial charge in [-0.3, -0.25) is 4.79 Å². The normalized spacial score (nSPS) is 11.3. The zero-order valence-corrected chi connectivity index (χ0v) is 18.9. The fourth-order valence-electron chi connectivity index (χ4n) is 3.22. The topological polar surface area (TPSA) is 94.8 Å². The lowest BCUT2D eigenvalue weighted by Crippen LogP contribution is -2.27. The second-order valence-corrected chi connectivity index (χ2v) is 8.52. The predicted octanol–water partition coefficient (Wildman–Crippen LogP) is 4.13. The van der Waals surface area contributed by atoms with Gasteiger partial charge in [0.05, 0.1) is 0 Å². The first kappa shape index (κ1) is 23.1. The predicted molar refractivity (Wildman–Crippen MR) is 122 cm³/mol. The zero-order valence-electron chi connectivity index (χ0n) is 18.9. The fourth-order valence-corrected chi connectivity index (χ4v) is 3.22. The third-order valence-electron chi connectivity index (χ3n) is 4.81. The molecular weight excluding hydrogens is 410 g/mol. The summed E-state index contributed by atoms with van der Waals surface area (Å²) in [6, 6.07) is 11.9. The van der Waals surface area contributed by atoms with Gasteiger partial charge in [0.15, 0.2) is 6.61 Å². The molecule has 0 bridgehead atoms. The number of carbonyl (C=O) groups excluding carboxylic acids is 2. The van der Waals surface area contributed by atoms with E-state index in [0.29, 0.717) is 17.7 Å². The summed E-state index contributed by atoms with van der Waals surface area (Å²) in [5, 5.41) is 3.10. The van der Waals surface area contributed by atoms with Crippen LogP contribution in [0.3, 0.4) is 0 Å². The summed E-state index contributed by atoms with van der Waals surface area (Å²) in [6.07, 6.45) is 0. The molecule has 0 saturated carbocycles. The number of hydrogen-bond donors (Lipinski definition) is 1. The second-order valence-electron chi connectivity index (χ2n) is 8.52. The van der Waals surface area contributed by atoms with Crippen LogP contribution in [0, 0.1) is 6.92 Å². The molecule has 0 atom stereocenters. The highest BCUT2D eigenvalue weighted by Crippen LogP contribution is 2.32. The van der Waals surface area contributed by atoms with Crippen LogP contribution in [0.25, 0.3) is 11.0 Å². The van der Waals surface area contributed by atoms with Crippen molar-refractivity contribution in [3.05, 3.63) is 69.6 Å². The van der Waals surface area contributed by atoms with Gasteiger partial charge in [-0.25, -0.2) is 9.59 Å². The fraction of sp³-hybridized carbons (Fsp3) is 0.320. The molecule has 7 heteroatoms. The number of nitrogens with one attached hydrogen (secondary N) is 1. The number of fused-ring (bicyclic) bond motifs is 1. The van der Waals surface area contributed by atoms with Crippen LogP contribution in [0.5, 0.6) is 11.5 Å². The Hall–Kier alpha value is -3.61. The summed E-state index contributed by atoms with van der Waals surface area (Å²) < 4.78 is 16.3. The average Bonchev–Trinajstić information content (AvgIpc) is 2.71. The largest absolute Gasteiger partial charge is 0.482 e. The number of ether oxygens (including phenoxy) is 2. The van der Waals surface area contributed by atoms with Crippen LogP contribution >= 0.6 is 0 Å². The summed E-state index contributed by atoms with van der Waals surface area (Å²) >= 11 is 0. The van der Waals surface area contributed by atoms with Crippen molar-refractivity contribution in [3.63, 3.8) is 0 Å². The Bertz CT molecular complexity index is 1220. The molecule has 32 heavy (non-hydrogen) atoms. The van der Waals surface area contributed by atoms with Crippen LogP contribution in [0.4, 0.5) is 0 Å². The average molecular weight is 437 g/mol. The third-order valence-corrected chi connectivity index (χ3v) is 4.81. The van der Waals surface area contributed by atoms with Gasteiger partial charge in [-0.05, 0) is 49.1 Å². The van der Waals surface area contributed by atoms with Gasteiger partial charge in [-0.2, -0.15) is 0 Å². The minimum atomic E-state index is -0.760. The van der Waals surface area contributed by atoms with E-state index in [-0.39, 0.29) is 28.9 Å². The number of benzene rings is 2. The number of carbonyl (C=O) groups is 2. The number of aryl methyl sites for hydroxylation is 1. The number of esters is 1. The smallest absolute Gasteiger partial charge is 0.349 e. The van der Waals surface area contributed by atoms with E-state index < -0.39 is 17.5 Å². The maximum atomic E-state index is 12.3. The van der Waals surface area contributed by atoms with E-state index in [2.05, 4.69) is 26.1 Å². The first-order valence-corrected chi connectivity index (χ1v) is 10.4. The molecule has 3 aromatic rings. The highest BCUT2D eigenvalue weighted by molar-refractivity contribution is 5.96. The SMILES string of the molecule is CCNC(=O)c1cc2ccc(OC(=O)COc3ccc(C)cc3C(C)(C)C)cc2oc1=O. The molecule has 0 saturated heterocycles. The van der Waals surface area contributed by atoms with Crippen molar-refractivity contribution in [3.8, 4) is 11.5 Å². The molecule has 0 fully saturated rings. The van der Waals surface area contributed by atoms with Crippen LogP contribution in [0.15, 0.2) is 51.7 Å². The van der Waals surface area contributed by atoms with Gasteiger partial charge >= 0.3 is 11.6 Å². The molecule has 0 aliphatic heterocycles. The Balaban J connectivity index is 1.73. The lowest BCUT2D eigenvalue weighted by atomic mass is 9.85. The highest BCUT2D eigenvalue weighted by atomic mass is 16.6. The molecule has 168 valence electrons. The van der Waals surface area contributed by atoms with Crippen molar-refractivity contribution >= 4 is 22.8 Å². The molecule has 0 aliphatic rings. The first-order valence-electron chi connectivity index (χ1n) is 10.4. The highest BCUT2D eigenvalue weighted by Gasteiger charge is 2.20. The molecule has 3 rings (SSSR count). The van der Waals surface area contributed by atoms with E-state index in [9.17, 15) is 14.4 Å². The van der Waals surface area contributed by atoms with E-state index >= 15 is 0 Å². The van der Waals surface area contributed by atoms with Gasteiger partial charge < -0.3 is 19.2 Å². The molecule has 0 aliphatic carbocycles. The molecule has 2 aromatic carbocycles. The van der Waals surface area contributed by atoms with E-state index in [1.807, 2.05) is 25.1 Å². The zero-order chi connectivity index (χ0) is 23.5. The van der Waals surface area contributed by atoms with E-state index in [0.717, 1.165) is 11.1 Å². The summed E-state index contributed by atoms with van der Waals surface area (Å²) in [6.45, 7) is 10.1. The van der Waals surface area contributed by atoms with Crippen molar-refractivity contribution in [1.82, 2.24) is 5.32 Å². The summed E-state index contributed by atoms with van der Waals surface area (Å²) in [5.74, 6) is -0.255. The van der Waals surface area contributed by atoms with E-state index in [1.165, 1.54) is 12.1 Å². The molecule has 0 unspecified atom stereocenters. The lowest BCUT2D eigenvalue weighted by Gasteiger charge is -2.23. The Labute approximate surface area is 186 Å². The molecule has 1 heterocycles. The quantitative estimate of drug-likeness (QED) is 0.354. The Morgan fingerprint density at radius 2 is 1.81 bits per heavy atom. The van der Waals surface area contributed by atoms with Crippen molar-refractivity contribution in [2.45, 2.75) is 40.0 Å². The number of rotatable bonds is 6. The maximum absolute atomic E-state index is 12.3. The van der Waals surface area contributed by atoms with Crippen molar-refractivity contribution in [1.29, 1.82) is 0 Å². The van der Waals surface area contributed by atoms with Crippen molar-refractivity contribution < 1.29 is 23.5 Å². The Morgan fingerprint density at radius 3 is 2.50 bits per heavy atom. The van der Waals surface area contributed by atoms with Gasteiger partial charge in [-0.1, -0.05) is 38.5 Å². The van der Waals surface area contributed by atoms with E-state index in [1.54, 1.807) is 19.1 Å². The molecule has 1 aromatic heterocycles. The standard InChI is InChI=1S/C25H27NO6/c1-6-26-23(28)18-12-16-8-9-17(13-21(16)32-24(18)29)31-22(27)14-30-20-10-7-15(2)11-19(20)25(3,4)5/h7-13H,6,14H2,1-5H3,(H,26,28). The van der Waals surface area contributed by atoms with Gasteiger partial charge in [0.25, 0.3) is 5.91 Å². The summed E-state index contributed by atoms with van der Waals surface area (Å²) in [4.78, 5) is 36.4. The second kappa shape index (κ2) is 9.26. The van der Waals surface area contributed by atoms with Crippen LogP contribution < -0.4 is 20.4 Å². The molecule has 1 amide bonds. The molecule has 0 spiro atoms. The first-order chi connectivity index (χ1) is 15.1. The van der Waals surface area contributed by atoms with Crippen LogP contribution in [-0.2, 0) is 10.2 Å². The maximum Gasteiger partial charge on any atom is 0.349 e. The van der Waals surface area contributed by atoms with Crippen LogP contribution in [0.2, 0.25) is 0 Å². The Kier molecular flexibility index (Phi) is 6.67. The van der Waals surface area contributed by atoms with E-state index in [4.69, 9.17) is 13.9 Å². The molecule has 7 nitrogen and oxygen atoms in total.